The predicted octanol–water partition coefficient (Wildman–Crippen LogP) is 13.8. The standard InChI is InChI=1S/C47H28N2OS/c1-2-12-31(13-3-1)49(33-24-27-43-41(28-33)36-15-6-7-19-42(36)51-43)32-22-20-30(21-23-32)35-25-26-39-44-37(35)16-9-18-40(44)46-45(39)48-47(50-46)38-17-8-11-29-10-4-5-14-34(29)38/h1-28H. The molecule has 0 unspecified atom stereocenters. The first kappa shape index (κ1) is 28.4. The molecule has 0 radical (unpaired) electrons. The average Bonchev–Trinajstić information content (AvgIpc) is 3.88. The minimum absolute atomic E-state index is 0.661. The Bertz CT molecular complexity index is 2940. The highest BCUT2D eigenvalue weighted by Gasteiger charge is 2.29. The Kier molecular flexibility index (Phi) is 6.12. The van der Waals surface area contributed by atoms with Crippen LogP contribution >= 0.6 is 11.3 Å². The van der Waals surface area contributed by atoms with Gasteiger partial charge in [-0.15, -0.1) is 11.3 Å². The molecule has 0 amide bonds. The number of rotatable bonds is 5. The van der Waals surface area contributed by atoms with Crippen LogP contribution in [0.5, 0.6) is 0 Å². The van der Waals surface area contributed by atoms with Crippen LogP contribution in [0.4, 0.5) is 17.1 Å². The molecule has 1 aliphatic carbocycles. The maximum absolute atomic E-state index is 6.59. The molecular weight excluding hydrogens is 641 g/mol. The fourth-order valence-electron chi connectivity index (χ4n) is 7.92. The fourth-order valence-corrected chi connectivity index (χ4v) is 9.01. The van der Waals surface area contributed by atoms with Gasteiger partial charge in [0.25, 0.3) is 0 Å². The first-order valence-corrected chi connectivity index (χ1v) is 18.0. The van der Waals surface area contributed by atoms with E-state index in [0.717, 1.165) is 50.6 Å². The molecule has 0 aliphatic heterocycles. The normalized spacial score (nSPS) is 11.9. The maximum atomic E-state index is 6.59. The summed E-state index contributed by atoms with van der Waals surface area (Å²) in [6.45, 7) is 0. The highest BCUT2D eigenvalue weighted by molar-refractivity contribution is 7.25. The Hall–Kier alpha value is -6.49. The second kappa shape index (κ2) is 11.0. The number of anilines is 3. The van der Waals surface area contributed by atoms with Gasteiger partial charge in [-0.05, 0) is 81.9 Å². The van der Waals surface area contributed by atoms with Crippen molar-refractivity contribution in [3.05, 3.63) is 170 Å². The van der Waals surface area contributed by atoms with Gasteiger partial charge in [-0.1, -0.05) is 115 Å². The van der Waals surface area contributed by atoms with Crippen molar-refractivity contribution in [2.45, 2.75) is 0 Å². The number of aromatic nitrogens is 1. The molecule has 0 atom stereocenters. The Morgan fingerprint density at radius 3 is 2.02 bits per heavy atom. The van der Waals surface area contributed by atoms with E-state index in [4.69, 9.17) is 9.40 Å². The van der Waals surface area contributed by atoms with E-state index in [0.29, 0.717) is 5.89 Å². The van der Waals surface area contributed by atoms with Gasteiger partial charge in [-0.2, -0.15) is 0 Å². The van der Waals surface area contributed by atoms with Crippen molar-refractivity contribution < 1.29 is 4.42 Å². The van der Waals surface area contributed by atoms with E-state index in [9.17, 15) is 0 Å². The Labute approximate surface area is 298 Å². The summed E-state index contributed by atoms with van der Waals surface area (Å²) in [6.07, 6.45) is 0. The lowest BCUT2D eigenvalue weighted by Gasteiger charge is -2.26. The van der Waals surface area contributed by atoms with Crippen LogP contribution in [-0.2, 0) is 0 Å². The van der Waals surface area contributed by atoms with Gasteiger partial charge >= 0.3 is 0 Å². The third kappa shape index (κ3) is 4.33. The molecule has 0 fully saturated rings. The Morgan fingerprint density at radius 2 is 1.12 bits per heavy atom. The van der Waals surface area contributed by atoms with E-state index in [1.165, 1.54) is 47.5 Å². The Balaban J connectivity index is 0.992. The van der Waals surface area contributed by atoms with Crippen LogP contribution in [0.25, 0.3) is 86.9 Å². The number of benzene rings is 8. The van der Waals surface area contributed by atoms with E-state index >= 15 is 0 Å². The van der Waals surface area contributed by atoms with Crippen LogP contribution < -0.4 is 4.90 Å². The van der Waals surface area contributed by atoms with Crippen LogP contribution in [0.15, 0.2) is 174 Å². The van der Waals surface area contributed by atoms with Crippen LogP contribution in [0, 0.1) is 0 Å². The predicted molar refractivity (Wildman–Crippen MR) is 214 cm³/mol. The molecule has 51 heavy (non-hydrogen) atoms. The Morgan fingerprint density at radius 1 is 0.451 bits per heavy atom. The van der Waals surface area contributed by atoms with Crippen molar-refractivity contribution in [2.24, 2.45) is 0 Å². The number of hydrogen-bond acceptors (Lipinski definition) is 4. The lowest BCUT2D eigenvalue weighted by Crippen LogP contribution is -2.09. The zero-order valence-electron chi connectivity index (χ0n) is 27.4. The summed E-state index contributed by atoms with van der Waals surface area (Å²) in [6, 6.07) is 60.8. The van der Waals surface area contributed by atoms with Crippen LogP contribution in [0.1, 0.15) is 0 Å². The van der Waals surface area contributed by atoms with Crippen molar-refractivity contribution in [3.8, 4) is 45.2 Å². The number of para-hydroxylation sites is 1. The van der Waals surface area contributed by atoms with Gasteiger partial charge < -0.3 is 9.32 Å². The SMILES string of the molecule is c1ccc(N(c2ccc(-c3ccc4c5c(cccc35)-c3oc(-c5cccc6ccccc56)nc3-4)cc2)c2ccc3sc4ccccc4c3c2)cc1. The molecule has 8 aromatic carbocycles. The number of hydrogen-bond donors (Lipinski definition) is 0. The third-order valence-electron chi connectivity index (χ3n) is 10.3. The molecule has 0 saturated carbocycles. The molecule has 1 aliphatic rings. The van der Waals surface area contributed by atoms with Gasteiger partial charge in [-0.25, -0.2) is 4.98 Å². The van der Waals surface area contributed by atoms with Gasteiger partial charge in [0.15, 0.2) is 5.76 Å². The van der Waals surface area contributed by atoms with Crippen LogP contribution in [-0.4, -0.2) is 4.98 Å². The molecule has 10 aromatic rings. The summed E-state index contributed by atoms with van der Waals surface area (Å²) >= 11 is 1.85. The van der Waals surface area contributed by atoms with Crippen molar-refractivity contribution >= 4 is 70.1 Å². The number of thiophene rings is 1. The first-order chi connectivity index (χ1) is 25.3. The van der Waals surface area contributed by atoms with E-state index < -0.39 is 0 Å². The summed E-state index contributed by atoms with van der Waals surface area (Å²) in [5.41, 5.74) is 9.89. The molecule has 4 heteroatoms. The molecule has 0 saturated heterocycles. The molecule has 0 N–H and O–H groups in total. The highest BCUT2D eigenvalue weighted by Crippen LogP contribution is 2.51. The van der Waals surface area contributed by atoms with E-state index in [2.05, 4.69) is 175 Å². The second-order valence-electron chi connectivity index (χ2n) is 13.1. The van der Waals surface area contributed by atoms with Crippen molar-refractivity contribution in [2.75, 3.05) is 4.90 Å². The number of fused-ring (bicyclic) bond motifs is 7. The molecule has 0 spiro atoms. The summed E-state index contributed by atoms with van der Waals surface area (Å²) in [4.78, 5) is 7.45. The van der Waals surface area contributed by atoms with Crippen molar-refractivity contribution in [3.63, 3.8) is 0 Å². The van der Waals surface area contributed by atoms with Gasteiger partial charge in [0.2, 0.25) is 5.89 Å². The fraction of sp³-hybridized carbons (Fsp3) is 0. The largest absolute Gasteiger partial charge is 0.435 e. The quantitative estimate of drug-likeness (QED) is 0.183. The van der Waals surface area contributed by atoms with Crippen LogP contribution in [0.2, 0.25) is 0 Å². The number of oxazole rings is 1. The maximum Gasteiger partial charge on any atom is 0.227 e. The summed E-state index contributed by atoms with van der Waals surface area (Å²) in [5, 5.41) is 7.31. The minimum atomic E-state index is 0.661. The monoisotopic (exact) mass is 668 g/mol. The lowest BCUT2D eigenvalue weighted by molar-refractivity contribution is 0.591. The molecule has 2 aromatic heterocycles. The summed E-state index contributed by atoms with van der Waals surface area (Å²) < 4.78 is 9.21. The van der Waals surface area contributed by atoms with Crippen LogP contribution in [0.3, 0.4) is 0 Å². The molecular formula is C47H28N2OS. The van der Waals surface area contributed by atoms with E-state index in [-0.39, 0.29) is 0 Å². The molecule has 0 bridgehead atoms. The summed E-state index contributed by atoms with van der Waals surface area (Å²) in [5.74, 6) is 1.51. The zero-order chi connectivity index (χ0) is 33.5. The molecule has 2 heterocycles. The van der Waals surface area contributed by atoms with Gasteiger partial charge in [-0.3, -0.25) is 0 Å². The number of nitrogens with zero attached hydrogens (tertiary/aromatic N) is 2. The van der Waals surface area contributed by atoms with Gasteiger partial charge in [0, 0.05) is 59.3 Å². The van der Waals surface area contributed by atoms with Crippen molar-refractivity contribution in [1.82, 2.24) is 4.98 Å². The van der Waals surface area contributed by atoms with Crippen molar-refractivity contribution in [1.29, 1.82) is 0 Å². The van der Waals surface area contributed by atoms with Gasteiger partial charge in [0.1, 0.15) is 5.69 Å². The van der Waals surface area contributed by atoms with Gasteiger partial charge in [0.05, 0.1) is 0 Å². The second-order valence-corrected chi connectivity index (χ2v) is 14.2. The molecule has 3 nitrogen and oxygen atoms in total. The average molecular weight is 669 g/mol. The first-order valence-electron chi connectivity index (χ1n) is 17.2. The lowest BCUT2D eigenvalue weighted by atomic mass is 9.94. The van der Waals surface area contributed by atoms with E-state index in [1.54, 1.807) is 0 Å². The van der Waals surface area contributed by atoms with E-state index in [1.807, 2.05) is 11.3 Å². The highest BCUT2D eigenvalue weighted by atomic mass is 32.1. The molecule has 238 valence electrons. The smallest absolute Gasteiger partial charge is 0.227 e. The zero-order valence-corrected chi connectivity index (χ0v) is 28.2. The minimum Gasteiger partial charge on any atom is -0.435 e. The third-order valence-corrected chi connectivity index (χ3v) is 11.4. The summed E-state index contributed by atoms with van der Waals surface area (Å²) in [7, 11) is 0. The molecule has 11 rings (SSSR count). The topological polar surface area (TPSA) is 29.3 Å².